The zero-order chi connectivity index (χ0) is 21.4. The van der Waals surface area contributed by atoms with Crippen LogP contribution in [0.25, 0.3) is 5.69 Å². The van der Waals surface area contributed by atoms with Gasteiger partial charge in [0, 0.05) is 12.6 Å². The molecule has 5 rings (SSSR count). The van der Waals surface area contributed by atoms with Crippen LogP contribution in [0.2, 0.25) is 0 Å². The molecule has 6 nitrogen and oxygen atoms in total. The molecule has 0 saturated carbocycles. The summed E-state index contributed by atoms with van der Waals surface area (Å²) in [5.41, 5.74) is 6.24. The summed E-state index contributed by atoms with van der Waals surface area (Å²) in [5.74, 6) is 0.572. The number of nitrogens with zero attached hydrogens (tertiary/aromatic N) is 5. The molecule has 0 amide bonds. The molecule has 158 valence electrons. The molecule has 1 unspecified atom stereocenters. The molecule has 2 aromatic carbocycles. The quantitative estimate of drug-likeness (QED) is 0.482. The summed E-state index contributed by atoms with van der Waals surface area (Å²) in [6, 6.07) is 13.0. The van der Waals surface area contributed by atoms with Gasteiger partial charge in [-0.25, -0.2) is 14.1 Å². The van der Waals surface area contributed by atoms with E-state index in [1.807, 2.05) is 40.6 Å². The number of hydrogen-bond donors (Lipinski definition) is 0. The third-order valence-corrected chi connectivity index (χ3v) is 5.92. The highest BCUT2D eigenvalue weighted by Gasteiger charge is 2.26. The molecule has 4 aromatic rings. The van der Waals surface area contributed by atoms with Crippen molar-refractivity contribution in [2.75, 3.05) is 7.11 Å². The lowest BCUT2D eigenvalue weighted by molar-refractivity contribution is 0.408. The minimum absolute atomic E-state index is 0.104. The van der Waals surface area contributed by atoms with Crippen LogP contribution in [0, 0.1) is 12.7 Å². The van der Waals surface area contributed by atoms with E-state index >= 15 is 0 Å². The van der Waals surface area contributed by atoms with Gasteiger partial charge in [-0.3, -0.25) is 0 Å². The minimum Gasteiger partial charge on any atom is -0.495 e. The number of aromatic nitrogens is 5. The van der Waals surface area contributed by atoms with E-state index < -0.39 is 0 Å². The first kappa shape index (κ1) is 19.5. The Kier molecular flexibility index (Phi) is 5.02. The molecule has 1 aliphatic heterocycles. The largest absolute Gasteiger partial charge is 0.495 e. The summed E-state index contributed by atoms with van der Waals surface area (Å²) < 4.78 is 23.0. The van der Waals surface area contributed by atoms with Gasteiger partial charge in [0.25, 0.3) is 0 Å². The van der Waals surface area contributed by atoms with Crippen LogP contribution >= 0.6 is 0 Å². The van der Waals surface area contributed by atoms with Crippen LogP contribution in [-0.4, -0.2) is 31.7 Å². The highest BCUT2D eigenvalue weighted by Crippen LogP contribution is 2.32. The van der Waals surface area contributed by atoms with Crippen molar-refractivity contribution in [1.82, 2.24) is 24.5 Å². The summed E-state index contributed by atoms with van der Waals surface area (Å²) >= 11 is 0. The predicted octanol–water partition coefficient (Wildman–Crippen LogP) is 4.44. The van der Waals surface area contributed by atoms with Gasteiger partial charge >= 0.3 is 0 Å². The Bertz CT molecular complexity index is 1210. The Hall–Kier alpha value is -3.48. The van der Waals surface area contributed by atoms with Crippen molar-refractivity contribution in [3.05, 3.63) is 89.0 Å². The Morgan fingerprint density at radius 3 is 2.74 bits per heavy atom. The van der Waals surface area contributed by atoms with Crippen LogP contribution in [0.5, 0.6) is 5.75 Å². The third-order valence-electron chi connectivity index (χ3n) is 5.92. The van der Waals surface area contributed by atoms with Gasteiger partial charge in [-0.2, -0.15) is 0 Å². The first-order valence-corrected chi connectivity index (χ1v) is 10.5. The molecule has 0 fully saturated rings. The topological polar surface area (TPSA) is 57.8 Å². The second-order valence-corrected chi connectivity index (χ2v) is 7.99. The van der Waals surface area contributed by atoms with Crippen molar-refractivity contribution in [2.45, 2.75) is 38.6 Å². The lowest BCUT2D eigenvalue weighted by Gasteiger charge is -2.24. The third kappa shape index (κ3) is 3.71. The van der Waals surface area contributed by atoms with E-state index in [2.05, 4.69) is 27.4 Å². The molecule has 1 aliphatic rings. The zero-order valence-corrected chi connectivity index (χ0v) is 17.6. The van der Waals surface area contributed by atoms with Gasteiger partial charge in [-0.15, -0.1) is 5.10 Å². The summed E-state index contributed by atoms with van der Waals surface area (Å²) in [6.07, 6.45) is 7.44. The van der Waals surface area contributed by atoms with Gasteiger partial charge in [0.05, 0.1) is 42.2 Å². The van der Waals surface area contributed by atoms with Crippen molar-refractivity contribution in [3.63, 3.8) is 0 Å². The average molecular weight is 417 g/mol. The van der Waals surface area contributed by atoms with Gasteiger partial charge in [0.2, 0.25) is 0 Å². The number of hydrogen-bond acceptors (Lipinski definition) is 4. The van der Waals surface area contributed by atoms with E-state index in [0.29, 0.717) is 6.42 Å². The van der Waals surface area contributed by atoms with Gasteiger partial charge in [0.1, 0.15) is 11.6 Å². The molecule has 3 heterocycles. The molecule has 0 spiro atoms. The maximum atomic E-state index is 13.3. The van der Waals surface area contributed by atoms with E-state index in [9.17, 15) is 4.39 Å². The van der Waals surface area contributed by atoms with Crippen LogP contribution in [0.4, 0.5) is 4.39 Å². The predicted molar refractivity (Wildman–Crippen MR) is 115 cm³/mol. The van der Waals surface area contributed by atoms with Gasteiger partial charge in [-0.1, -0.05) is 23.4 Å². The van der Waals surface area contributed by atoms with Gasteiger partial charge in [-0.05, 0) is 61.6 Å². The number of aryl methyl sites for hydroxylation is 1. The normalized spacial score (nSPS) is 15.6. The lowest BCUT2D eigenvalue weighted by Crippen LogP contribution is -2.20. The molecule has 31 heavy (non-hydrogen) atoms. The molecule has 7 heteroatoms. The van der Waals surface area contributed by atoms with Crippen LogP contribution in [0.15, 0.2) is 55.0 Å². The summed E-state index contributed by atoms with van der Waals surface area (Å²) in [5, 5.41) is 8.98. The van der Waals surface area contributed by atoms with Crippen LogP contribution < -0.4 is 4.74 Å². The average Bonchev–Trinajstić information content (AvgIpc) is 3.40. The number of imidazole rings is 1. The first-order chi connectivity index (χ1) is 15.1. The van der Waals surface area contributed by atoms with Crippen molar-refractivity contribution in [2.24, 2.45) is 0 Å². The second kappa shape index (κ2) is 7.98. The fourth-order valence-electron chi connectivity index (χ4n) is 4.36. The van der Waals surface area contributed by atoms with Crippen LogP contribution in [-0.2, 0) is 12.8 Å². The monoisotopic (exact) mass is 417 g/mol. The van der Waals surface area contributed by atoms with Crippen molar-refractivity contribution in [3.8, 4) is 11.4 Å². The fraction of sp³-hybridized carbons (Fsp3) is 0.292. The highest BCUT2D eigenvalue weighted by atomic mass is 19.1. The second-order valence-electron chi connectivity index (χ2n) is 7.99. The standard InChI is InChI=1S/C24H24FN5O/c1-16-14-29(15-26-16)23-11-6-17(13-24(23)31-2)12-20-22-5-3-4-21(30(22)28-27-20)18-7-9-19(25)10-8-18/h6-11,13-15,21H,3-5,12H2,1-2H3. The number of methoxy groups -OCH3 is 1. The first-order valence-electron chi connectivity index (χ1n) is 10.5. The maximum absolute atomic E-state index is 13.3. The van der Waals surface area contributed by atoms with Gasteiger partial charge < -0.3 is 9.30 Å². The Morgan fingerprint density at radius 2 is 2.00 bits per heavy atom. The van der Waals surface area contributed by atoms with E-state index in [4.69, 9.17) is 4.74 Å². The van der Waals surface area contributed by atoms with Gasteiger partial charge in [0.15, 0.2) is 0 Å². The fourth-order valence-corrected chi connectivity index (χ4v) is 4.36. The highest BCUT2D eigenvalue weighted by molar-refractivity contribution is 5.50. The summed E-state index contributed by atoms with van der Waals surface area (Å²) in [6.45, 7) is 1.96. The minimum atomic E-state index is -0.220. The molecule has 0 aliphatic carbocycles. The zero-order valence-electron chi connectivity index (χ0n) is 17.6. The number of ether oxygens (including phenoxy) is 1. The maximum Gasteiger partial charge on any atom is 0.143 e. The van der Waals surface area contributed by atoms with Crippen LogP contribution in [0.3, 0.4) is 0 Å². The SMILES string of the molecule is COc1cc(Cc2nnn3c2CCCC3c2ccc(F)cc2)ccc1-n1cnc(C)c1. The number of benzene rings is 2. The smallest absolute Gasteiger partial charge is 0.143 e. The Morgan fingerprint density at radius 1 is 1.16 bits per heavy atom. The molecule has 2 aromatic heterocycles. The Labute approximate surface area is 180 Å². The van der Waals surface area contributed by atoms with Crippen molar-refractivity contribution < 1.29 is 9.13 Å². The molecule has 0 saturated heterocycles. The Balaban J connectivity index is 1.43. The molecule has 0 radical (unpaired) electrons. The number of fused-ring (bicyclic) bond motifs is 1. The van der Waals surface area contributed by atoms with E-state index in [-0.39, 0.29) is 11.9 Å². The number of halogens is 1. The molecule has 0 N–H and O–H groups in total. The molecule has 0 bridgehead atoms. The molecular formula is C24H24FN5O. The summed E-state index contributed by atoms with van der Waals surface area (Å²) in [4.78, 5) is 4.30. The van der Waals surface area contributed by atoms with E-state index in [0.717, 1.165) is 58.9 Å². The summed E-state index contributed by atoms with van der Waals surface area (Å²) in [7, 11) is 1.68. The van der Waals surface area contributed by atoms with Crippen LogP contribution in [0.1, 0.15) is 47.1 Å². The van der Waals surface area contributed by atoms with Crippen molar-refractivity contribution in [1.29, 1.82) is 0 Å². The molecule has 1 atom stereocenters. The molecular weight excluding hydrogens is 393 g/mol. The number of rotatable bonds is 5. The van der Waals surface area contributed by atoms with E-state index in [1.54, 1.807) is 13.4 Å². The van der Waals surface area contributed by atoms with Crippen molar-refractivity contribution >= 4 is 0 Å². The van der Waals surface area contributed by atoms with E-state index in [1.165, 1.54) is 12.1 Å². The lowest BCUT2D eigenvalue weighted by atomic mass is 9.95.